The molecule has 2 aromatic rings. The van der Waals surface area contributed by atoms with Crippen LogP contribution in [0.4, 0.5) is 9.93 Å². The van der Waals surface area contributed by atoms with Crippen LogP contribution in [-0.2, 0) is 0 Å². The quantitative estimate of drug-likeness (QED) is 0.945. The summed E-state index contributed by atoms with van der Waals surface area (Å²) in [4.78, 5) is 13.9. The molecule has 0 atom stereocenters. The molecule has 0 spiro atoms. The zero-order chi connectivity index (χ0) is 15.4. The fourth-order valence-corrected chi connectivity index (χ4v) is 2.97. The summed E-state index contributed by atoms with van der Waals surface area (Å²) >= 11 is 1.38. The number of aryl methyl sites for hydroxylation is 1. The molecule has 1 aromatic heterocycles. The molecule has 116 valence electrons. The number of hydrogen-bond donors (Lipinski definition) is 1. The molecule has 0 radical (unpaired) electrons. The molecule has 1 fully saturated rings. The number of carbonyl (C=O) groups excluding carboxylic acids is 1. The van der Waals surface area contributed by atoms with E-state index in [2.05, 4.69) is 15.5 Å². The number of rotatable bonds is 3. The minimum atomic E-state index is -0.116. The van der Waals surface area contributed by atoms with Gasteiger partial charge in [-0.05, 0) is 19.1 Å². The van der Waals surface area contributed by atoms with Crippen LogP contribution in [0.25, 0.3) is 0 Å². The molecule has 1 saturated heterocycles. The number of piperidine rings is 1. The Bertz CT molecular complexity index is 623. The van der Waals surface area contributed by atoms with Crippen LogP contribution in [-0.4, -0.2) is 40.3 Å². The second-order valence-corrected chi connectivity index (χ2v) is 6.36. The topological polar surface area (TPSA) is 67.4 Å². The van der Waals surface area contributed by atoms with Crippen LogP contribution >= 0.6 is 11.3 Å². The number of nitrogens with one attached hydrogen (secondary N) is 1. The molecule has 1 aliphatic heterocycles. The first-order valence-corrected chi connectivity index (χ1v) is 8.10. The lowest BCUT2D eigenvalue weighted by atomic mass is 10.1. The molecule has 0 unspecified atom stereocenters. The first kappa shape index (κ1) is 14.8. The van der Waals surface area contributed by atoms with Crippen molar-refractivity contribution in [2.45, 2.75) is 25.9 Å². The average molecular weight is 318 g/mol. The summed E-state index contributed by atoms with van der Waals surface area (Å²) in [5.41, 5.74) is 0. The van der Waals surface area contributed by atoms with E-state index in [1.807, 2.05) is 37.3 Å². The lowest BCUT2D eigenvalue weighted by molar-refractivity contribution is 0.115. The molecular weight excluding hydrogens is 300 g/mol. The van der Waals surface area contributed by atoms with Crippen LogP contribution in [0.1, 0.15) is 17.8 Å². The number of urea groups is 1. The second-order valence-electron chi connectivity index (χ2n) is 5.17. The van der Waals surface area contributed by atoms with Crippen LogP contribution < -0.4 is 10.1 Å². The Labute approximate surface area is 133 Å². The maximum Gasteiger partial charge on any atom is 0.323 e. The third kappa shape index (κ3) is 3.73. The summed E-state index contributed by atoms with van der Waals surface area (Å²) in [5.74, 6) is 0.884. The van der Waals surface area contributed by atoms with E-state index in [-0.39, 0.29) is 12.1 Å². The molecule has 1 aromatic carbocycles. The Morgan fingerprint density at radius 2 is 2.00 bits per heavy atom. The predicted molar refractivity (Wildman–Crippen MR) is 85.3 cm³/mol. The van der Waals surface area contributed by atoms with Gasteiger partial charge in [0, 0.05) is 25.9 Å². The normalized spacial score (nSPS) is 15.6. The van der Waals surface area contributed by atoms with Gasteiger partial charge in [0.05, 0.1) is 0 Å². The fraction of sp³-hybridized carbons (Fsp3) is 0.400. The smallest absolute Gasteiger partial charge is 0.323 e. The molecule has 2 amide bonds. The zero-order valence-corrected chi connectivity index (χ0v) is 13.2. The standard InChI is InChI=1S/C15H18N4O2S/c1-11-17-18-14(22-11)16-15(20)19-9-7-13(8-10-19)21-12-5-3-2-4-6-12/h2-6,13H,7-10H2,1H3,(H,16,18,20). The molecule has 1 aliphatic rings. The largest absolute Gasteiger partial charge is 0.490 e. The Morgan fingerprint density at radius 1 is 1.27 bits per heavy atom. The highest BCUT2D eigenvalue weighted by Gasteiger charge is 2.24. The van der Waals surface area contributed by atoms with Gasteiger partial charge in [-0.1, -0.05) is 29.5 Å². The van der Waals surface area contributed by atoms with Gasteiger partial charge in [-0.25, -0.2) is 4.79 Å². The Kier molecular flexibility index (Phi) is 4.53. The molecule has 3 rings (SSSR count). The van der Waals surface area contributed by atoms with Crippen LogP contribution in [0, 0.1) is 6.92 Å². The molecule has 6 nitrogen and oxygen atoms in total. The maximum atomic E-state index is 12.2. The average Bonchev–Trinajstić information content (AvgIpc) is 2.94. The van der Waals surface area contributed by atoms with E-state index in [1.165, 1.54) is 11.3 Å². The van der Waals surface area contributed by atoms with Gasteiger partial charge < -0.3 is 9.64 Å². The number of para-hydroxylation sites is 1. The van der Waals surface area contributed by atoms with E-state index in [1.54, 1.807) is 4.90 Å². The third-order valence-electron chi connectivity index (χ3n) is 3.52. The summed E-state index contributed by atoms with van der Waals surface area (Å²) in [6.45, 7) is 3.22. The van der Waals surface area contributed by atoms with Gasteiger partial charge in [0.25, 0.3) is 0 Å². The number of anilines is 1. The number of benzene rings is 1. The van der Waals surface area contributed by atoms with Crippen LogP contribution in [0.15, 0.2) is 30.3 Å². The Morgan fingerprint density at radius 3 is 2.64 bits per heavy atom. The van der Waals surface area contributed by atoms with Gasteiger partial charge >= 0.3 is 6.03 Å². The third-order valence-corrected chi connectivity index (χ3v) is 4.27. The molecule has 7 heteroatoms. The van der Waals surface area contributed by atoms with Crippen molar-refractivity contribution in [3.63, 3.8) is 0 Å². The molecule has 0 bridgehead atoms. The number of ether oxygens (including phenoxy) is 1. The highest BCUT2D eigenvalue weighted by Crippen LogP contribution is 2.20. The van der Waals surface area contributed by atoms with Crippen molar-refractivity contribution in [2.75, 3.05) is 18.4 Å². The highest BCUT2D eigenvalue weighted by atomic mass is 32.1. The van der Waals surface area contributed by atoms with Crippen molar-refractivity contribution in [3.8, 4) is 5.75 Å². The SMILES string of the molecule is Cc1nnc(NC(=O)N2CCC(Oc3ccccc3)CC2)s1. The number of likely N-dealkylation sites (tertiary alicyclic amines) is 1. The van der Waals surface area contributed by atoms with Crippen molar-refractivity contribution in [2.24, 2.45) is 0 Å². The number of hydrogen-bond acceptors (Lipinski definition) is 5. The maximum absolute atomic E-state index is 12.2. The van der Waals surface area contributed by atoms with Gasteiger partial charge in [0.1, 0.15) is 16.9 Å². The predicted octanol–water partition coefficient (Wildman–Crippen LogP) is 2.92. The van der Waals surface area contributed by atoms with Crippen LogP contribution in [0.3, 0.4) is 0 Å². The molecule has 22 heavy (non-hydrogen) atoms. The van der Waals surface area contributed by atoms with E-state index >= 15 is 0 Å². The van der Waals surface area contributed by atoms with Gasteiger partial charge in [0.2, 0.25) is 5.13 Å². The highest BCUT2D eigenvalue weighted by molar-refractivity contribution is 7.15. The van der Waals surface area contributed by atoms with Crippen molar-refractivity contribution < 1.29 is 9.53 Å². The summed E-state index contributed by atoms with van der Waals surface area (Å²) in [6.07, 6.45) is 1.82. The summed E-state index contributed by atoms with van der Waals surface area (Å²) in [6, 6.07) is 9.68. The van der Waals surface area contributed by atoms with E-state index in [0.717, 1.165) is 23.6 Å². The molecular formula is C15H18N4O2S. The van der Waals surface area contributed by atoms with Crippen LogP contribution in [0.5, 0.6) is 5.75 Å². The molecule has 0 aliphatic carbocycles. The van der Waals surface area contributed by atoms with E-state index in [9.17, 15) is 4.79 Å². The van der Waals surface area contributed by atoms with Gasteiger partial charge in [-0.15, -0.1) is 10.2 Å². The summed E-state index contributed by atoms with van der Waals surface area (Å²) in [7, 11) is 0. The zero-order valence-electron chi connectivity index (χ0n) is 12.4. The van der Waals surface area contributed by atoms with E-state index in [4.69, 9.17) is 4.74 Å². The fourth-order valence-electron chi connectivity index (χ4n) is 2.39. The number of carbonyl (C=O) groups is 1. The summed E-state index contributed by atoms with van der Waals surface area (Å²) < 4.78 is 5.93. The lowest BCUT2D eigenvalue weighted by Crippen LogP contribution is -2.43. The van der Waals surface area contributed by atoms with Crippen molar-refractivity contribution in [3.05, 3.63) is 35.3 Å². The number of aromatic nitrogens is 2. The van der Waals surface area contributed by atoms with Crippen LogP contribution in [0.2, 0.25) is 0 Å². The molecule has 2 heterocycles. The second kappa shape index (κ2) is 6.74. The Balaban J connectivity index is 1.48. The van der Waals surface area contributed by atoms with Gasteiger partial charge in [0.15, 0.2) is 0 Å². The minimum Gasteiger partial charge on any atom is -0.490 e. The van der Waals surface area contributed by atoms with Crippen molar-refractivity contribution in [1.82, 2.24) is 15.1 Å². The number of nitrogens with zero attached hydrogens (tertiary/aromatic N) is 3. The first-order valence-electron chi connectivity index (χ1n) is 7.28. The Hall–Kier alpha value is -2.15. The molecule has 0 saturated carbocycles. The van der Waals surface area contributed by atoms with Crippen molar-refractivity contribution in [1.29, 1.82) is 0 Å². The summed E-state index contributed by atoms with van der Waals surface area (Å²) in [5, 5.41) is 12.0. The lowest BCUT2D eigenvalue weighted by Gasteiger charge is -2.31. The van der Waals surface area contributed by atoms with E-state index in [0.29, 0.717) is 18.2 Å². The first-order chi connectivity index (χ1) is 10.7. The molecule has 1 N–H and O–H groups in total. The van der Waals surface area contributed by atoms with Gasteiger partial charge in [-0.3, -0.25) is 5.32 Å². The van der Waals surface area contributed by atoms with Crippen molar-refractivity contribution >= 4 is 22.5 Å². The number of amides is 2. The monoisotopic (exact) mass is 318 g/mol. The minimum absolute atomic E-state index is 0.116. The van der Waals surface area contributed by atoms with E-state index < -0.39 is 0 Å². The van der Waals surface area contributed by atoms with Gasteiger partial charge in [-0.2, -0.15) is 0 Å².